The number of rotatable bonds is 0. The average Bonchev–Trinajstić information content (AvgIpc) is 2.46. The molecule has 0 aliphatic heterocycles. The molecular weight excluding hydrogens is 240 g/mol. The average molecular weight is 267 g/mol. The van der Waals surface area contributed by atoms with Gasteiger partial charge in [-0.05, 0) is 31.8 Å². The highest BCUT2D eigenvalue weighted by Gasteiger charge is 1.89. The lowest BCUT2D eigenvalue weighted by molar-refractivity contribution is 0.598. The zero-order chi connectivity index (χ0) is 14.1. The first-order valence-corrected chi connectivity index (χ1v) is 7.88. The molecule has 1 rings (SSSR count). The van der Waals surface area contributed by atoms with Crippen molar-refractivity contribution in [3.8, 4) is 0 Å². The Labute approximate surface area is 125 Å². The number of hydrogen-bond donors (Lipinski definition) is 0. The van der Waals surface area contributed by atoms with Crippen LogP contribution in [0.25, 0.3) is 0 Å². The fourth-order valence-electron chi connectivity index (χ4n) is 2.03. The molecule has 0 atom stereocenters. The maximum atomic E-state index is 3.32. The van der Waals surface area contributed by atoms with Gasteiger partial charge in [0.1, 0.15) is 0 Å². The van der Waals surface area contributed by atoms with Gasteiger partial charge < -0.3 is 0 Å². The Bertz CT molecular complexity index is 337. The van der Waals surface area contributed by atoms with Crippen molar-refractivity contribution in [3.63, 3.8) is 0 Å². The molecule has 0 unspecified atom stereocenters. The first-order valence-electron chi connectivity index (χ1n) is 7.88. The molecule has 0 aromatic rings. The first-order chi connectivity index (χ1) is 10.0. The van der Waals surface area contributed by atoms with Crippen molar-refractivity contribution in [1.29, 1.82) is 0 Å². The molecule has 0 aromatic carbocycles. The number of allylic oxidation sites excluding steroid dienone is 12. The van der Waals surface area contributed by atoms with Crippen LogP contribution in [0.15, 0.2) is 66.8 Å². The van der Waals surface area contributed by atoms with Crippen LogP contribution in [0.3, 0.4) is 0 Å². The summed E-state index contributed by atoms with van der Waals surface area (Å²) < 4.78 is 0. The molecule has 1 aliphatic rings. The van der Waals surface area contributed by atoms with Crippen LogP contribution < -0.4 is 0 Å². The molecule has 1 radical (unpaired) electrons. The van der Waals surface area contributed by atoms with E-state index < -0.39 is 0 Å². The van der Waals surface area contributed by atoms with Gasteiger partial charge in [-0.3, -0.25) is 0 Å². The molecule has 0 saturated carbocycles. The predicted octanol–water partition coefficient (Wildman–Crippen LogP) is 6.26. The molecule has 0 aromatic heterocycles. The molecule has 0 fully saturated rings. The van der Waals surface area contributed by atoms with E-state index in [4.69, 9.17) is 0 Å². The summed E-state index contributed by atoms with van der Waals surface area (Å²) in [5.41, 5.74) is 0. The van der Waals surface area contributed by atoms with E-state index in [1.54, 1.807) is 0 Å². The third-order valence-electron chi connectivity index (χ3n) is 3.18. The standard InChI is InChI=1S/C20H27/c1-2-4-6-8-10-12-14-16-18-20-19-17-15-13-11-9-7-5-3-1/h1-11H,12,14-20H2/b2-1+,5-3+,6-4+,9-7-,10-8-,13-11?. The Morgan fingerprint density at radius 1 is 0.500 bits per heavy atom. The molecule has 0 nitrogen and oxygen atoms in total. The number of hydrogen-bond acceptors (Lipinski definition) is 0. The first kappa shape index (κ1) is 16.5. The van der Waals surface area contributed by atoms with Gasteiger partial charge in [0.15, 0.2) is 0 Å². The van der Waals surface area contributed by atoms with Gasteiger partial charge in [0.2, 0.25) is 0 Å². The highest BCUT2D eigenvalue weighted by molar-refractivity contribution is 5.19. The largest absolute Gasteiger partial charge is 0.0845 e. The van der Waals surface area contributed by atoms with Crippen LogP contribution in [-0.2, 0) is 0 Å². The van der Waals surface area contributed by atoms with Crippen molar-refractivity contribution in [3.05, 3.63) is 72.9 Å². The van der Waals surface area contributed by atoms with Crippen LogP contribution in [-0.4, -0.2) is 0 Å². The van der Waals surface area contributed by atoms with Gasteiger partial charge in [-0.2, -0.15) is 0 Å². The summed E-state index contributed by atoms with van der Waals surface area (Å²) in [5.74, 6) is 0. The van der Waals surface area contributed by atoms with Crippen LogP contribution in [0.1, 0.15) is 51.4 Å². The Morgan fingerprint density at radius 2 is 1.05 bits per heavy atom. The van der Waals surface area contributed by atoms with E-state index >= 15 is 0 Å². The molecule has 0 heteroatoms. The minimum absolute atomic E-state index is 1.08. The van der Waals surface area contributed by atoms with Gasteiger partial charge in [0.25, 0.3) is 0 Å². The summed E-state index contributed by atoms with van der Waals surface area (Å²) in [6.07, 6.45) is 36.5. The fourth-order valence-corrected chi connectivity index (χ4v) is 2.03. The van der Waals surface area contributed by atoms with E-state index in [2.05, 4.69) is 36.5 Å². The SMILES string of the molecule is [C]1=C/C=C\C=C\C=C\C=C\C=C/CCCCCCCC/1. The van der Waals surface area contributed by atoms with E-state index in [-0.39, 0.29) is 0 Å². The van der Waals surface area contributed by atoms with Crippen molar-refractivity contribution in [2.24, 2.45) is 0 Å². The Kier molecular flexibility index (Phi) is 11.4. The lowest BCUT2D eigenvalue weighted by atomic mass is 10.1. The molecule has 0 heterocycles. The van der Waals surface area contributed by atoms with Gasteiger partial charge in [-0.15, -0.1) is 0 Å². The minimum atomic E-state index is 1.08. The van der Waals surface area contributed by atoms with E-state index in [0.29, 0.717) is 0 Å². The van der Waals surface area contributed by atoms with Gasteiger partial charge >= 0.3 is 0 Å². The molecule has 1 aliphatic carbocycles. The molecular formula is C20H27. The molecule has 20 heavy (non-hydrogen) atoms. The van der Waals surface area contributed by atoms with Gasteiger partial charge in [-0.25, -0.2) is 0 Å². The summed E-state index contributed by atoms with van der Waals surface area (Å²) in [6.45, 7) is 0. The topological polar surface area (TPSA) is 0 Å². The zero-order valence-electron chi connectivity index (χ0n) is 12.5. The zero-order valence-corrected chi connectivity index (χ0v) is 12.5. The lowest BCUT2D eigenvalue weighted by Gasteiger charge is -1.98. The van der Waals surface area contributed by atoms with Crippen molar-refractivity contribution < 1.29 is 0 Å². The maximum absolute atomic E-state index is 3.32. The second-order valence-electron chi connectivity index (χ2n) is 5.00. The molecule has 0 amide bonds. The highest BCUT2D eigenvalue weighted by Crippen LogP contribution is 2.09. The fraction of sp³-hybridized carbons (Fsp3) is 0.400. The monoisotopic (exact) mass is 267 g/mol. The van der Waals surface area contributed by atoms with E-state index in [1.807, 2.05) is 36.5 Å². The molecule has 107 valence electrons. The summed E-state index contributed by atoms with van der Waals surface area (Å²) >= 11 is 0. The lowest BCUT2D eigenvalue weighted by Crippen LogP contribution is -1.79. The third kappa shape index (κ3) is 11.5. The van der Waals surface area contributed by atoms with Crippen LogP contribution >= 0.6 is 0 Å². The summed E-state index contributed by atoms with van der Waals surface area (Å²) in [6, 6.07) is 0. The van der Waals surface area contributed by atoms with E-state index in [9.17, 15) is 0 Å². The Hall–Kier alpha value is -1.56. The van der Waals surface area contributed by atoms with Crippen molar-refractivity contribution in [2.45, 2.75) is 51.4 Å². The van der Waals surface area contributed by atoms with Gasteiger partial charge in [-0.1, -0.05) is 92.5 Å². The second-order valence-corrected chi connectivity index (χ2v) is 5.00. The third-order valence-corrected chi connectivity index (χ3v) is 3.18. The molecule has 0 spiro atoms. The van der Waals surface area contributed by atoms with Crippen molar-refractivity contribution >= 4 is 0 Å². The summed E-state index contributed by atoms with van der Waals surface area (Å²) in [7, 11) is 0. The normalized spacial score (nSPS) is 28.8. The molecule has 0 saturated heterocycles. The van der Waals surface area contributed by atoms with Crippen LogP contribution in [0.4, 0.5) is 0 Å². The predicted molar refractivity (Wildman–Crippen MR) is 90.4 cm³/mol. The van der Waals surface area contributed by atoms with Crippen molar-refractivity contribution in [2.75, 3.05) is 0 Å². The second kappa shape index (κ2) is 13.9. The maximum Gasteiger partial charge on any atom is -0.0276 e. The smallest absolute Gasteiger partial charge is 0.0276 e. The van der Waals surface area contributed by atoms with Crippen LogP contribution in [0.2, 0.25) is 0 Å². The summed E-state index contributed by atoms with van der Waals surface area (Å²) in [4.78, 5) is 0. The van der Waals surface area contributed by atoms with E-state index in [1.165, 1.54) is 44.9 Å². The highest BCUT2D eigenvalue weighted by atomic mass is 14.0. The summed E-state index contributed by atoms with van der Waals surface area (Å²) in [5, 5.41) is 0. The molecule has 0 N–H and O–H groups in total. The Balaban J connectivity index is 2.38. The van der Waals surface area contributed by atoms with Gasteiger partial charge in [0.05, 0.1) is 0 Å². The Morgan fingerprint density at radius 3 is 1.80 bits per heavy atom. The van der Waals surface area contributed by atoms with Crippen molar-refractivity contribution in [1.82, 2.24) is 0 Å². The van der Waals surface area contributed by atoms with Gasteiger partial charge in [0, 0.05) is 0 Å². The van der Waals surface area contributed by atoms with Crippen LogP contribution in [0, 0.1) is 6.08 Å². The molecule has 0 bridgehead atoms. The minimum Gasteiger partial charge on any atom is -0.0845 e. The quantitative estimate of drug-likeness (QED) is 0.486. The van der Waals surface area contributed by atoms with E-state index in [0.717, 1.165) is 6.42 Å². The van der Waals surface area contributed by atoms with Crippen LogP contribution in [0.5, 0.6) is 0 Å².